The molecule has 2 N–H and O–H groups in total. The summed E-state index contributed by atoms with van der Waals surface area (Å²) in [7, 11) is 0. The molecule has 1 aromatic rings. The van der Waals surface area contributed by atoms with E-state index in [4.69, 9.17) is 24.7 Å². The molecule has 0 radical (unpaired) electrons. The summed E-state index contributed by atoms with van der Waals surface area (Å²) in [5.74, 6) is -2.04. The summed E-state index contributed by atoms with van der Waals surface area (Å²) in [6.45, 7) is 8.46. The molecular formula is C23H33NO8. The Balaban J connectivity index is 2.77. The first-order chi connectivity index (χ1) is 15.1. The molecule has 9 heteroatoms. The molecule has 0 aliphatic carbocycles. The van der Waals surface area contributed by atoms with E-state index in [2.05, 4.69) is 0 Å². The molecule has 3 atom stereocenters. The maximum atomic E-state index is 12.3. The molecule has 178 valence electrons. The van der Waals surface area contributed by atoms with Gasteiger partial charge in [-0.2, -0.15) is 0 Å². The minimum Gasteiger partial charge on any atom is -0.462 e. The average molecular weight is 452 g/mol. The predicted octanol–water partition coefficient (Wildman–Crippen LogP) is 2.71. The second-order valence-corrected chi connectivity index (χ2v) is 7.43. The van der Waals surface area contributed by atoms with Crippen LogP contribution in [0.3, 0.4) is 0 Å². The van der Waals surface area contributed by atoms with Crippen molar-refractivity contribution < 1.29 is 38.1 Å². The SMILES string of the molecule is CCC(=O)Oc1ccc(C[C@H](N)C(=O)O[C@@H](C)COC(=O)C(C)CC)cc1OC(=O)CC. The van der Waals surface area contributed by atoms with Crippen molar-refractivity contribution in [1.29, 1.82) is 0 Å². The van der Waals surface area contributed by atoms with E-state index in [-0.39, 0.29) is 49.3 Å². The molecule has 0 bridgehead atoms. The summed E-state index contributed by atoms with van der Waals surface area (Å²) in [4.78, 5) is 47.4. The maximum absolute atomic E-state index is 12.3. The maximum Gasteiger partial charge on any atom is 0.323 e. The second-order valence-electron chi connectivity index (χ2n) is 7.43. The average Bonchev–Trinajstić information content (AvgIpc) is 2.77. The van der Waals surface area contributed by atoms with Gasteiger partial charge in [-0.05, 0) is 37.5 Å². The zero-order chi connectivity index (χ0) is 24.3. The molecule has 1 aromatic carbocycles. The lowest BCUT2D eigenvalue weighted by Gasteiger charge is -2.18. The van der Waals surface area contributed by atoms with E-state index in [0.717, 1.165) is 0 Å². The molecule has 0 aliphatic heterocycles. The van der Waals surface area contributed by atoms with Crippen LogP contribution in [0.25, 0.3) is 0 Å². The standard InChI is InChI=1S/C23H33NO8/c1-6-14(4)22(27)29-13-15(5)30-23(28)17(24)11-16-9-10-18(31-20(25)7-2)19(12-16)32-21(26)8-3/h9-10,12,14-15,17H,6-8,11,13,24H2,1-5H3/t14?,15-,17-/m0/s1. The third-order valence-electron chi connectivity index (χ3n) is 4.58. The molecule has 1 rings (SSSR count). The largest absolute Gasteiger partial charge is 0.462 e. The van der Waals surface area contributed by atoms with Gasteiger partial charge in [0, 0.05) is 12.8 Å². The van der Waals surface area contributed by atoms with Crippen LogP contribution in [0, 0.1) is 5.92 Å². The smallest absolute Gasteiger partial charge is 0.323 e. The first-order valence-corrected chi connectivity index (χ1v) is 10.8. The molecule has 0 fully saturated rings. The summed E-state index contributed by atoms with van der Waals surface area (Å²) < 4.78 is 20.8. The van der Waals surface area contributed by atoms with Gasteiger partial charge in [0.1, 0.15) is 18.8 Å². The summed E-state index contributed by atoms with van der Waals surface area (Å²) >= 11 is 0. The molecule has 0 amide bonds. The van der Waals surface area contributed by atoms with Crippen LogP contribution in [0.1, 0.15) is 59.4 Å². The number of nitrogens with two attached hydrogens (primary N) is 1. The van der Waals surface area contributed by atoms with Crippen LogP contribution in [-0.4, -0.2) is 42.6 Å². The highest BCUT2D eigenvalue weighted by Gasteiger charge is 2.22. The quantitative estimate of drug-likeness (QED) is 0.376. The number of carbonyl (C=O) groups is 4. The first kappa shape index (κ1) is 27.1. The van der Waals surface area contributed by atoms with E-state index >= 15 is 0 Å². The van der Waals surface area contributed by atoms with Crippen LogP contribution in [0.15, 0.2) is 18.2 Å². The van der Waals surface area contributed by atoms with E-state index < -0.39 is 30.1 Å². The van der Waals surface area contributed by atoms with Gasteiger partial charge in [-0.15, -0.1) is 0 Å². The third kappa shape index (κ3) is 9.05. The van der Waals surface area contributed by atoms with Crippen LogP contribution in [0.2, 0.25) is 0 Å². The first-order valence-electron chi connectivity index (χ1n) is 10.8. The fourth-order valence-corrected chi connectivity index (χ4v) is 2.40. The lowest BCUT2D eigenvalue weighted by atomic mass is 10.1. The summed E-state index contributed by atoms with van der Waals surface area (Å²) in [6.07, 6.45) is 0.389. The van der Waals surface area contributed by atoms with Crippen molar-refractivity contribution in [3.05, 3.63) is 23.8 Å². The summed E-state index contributed by atoms with van der Waals surface area (Å²) in [6, 6.07) is 3.60. The van der Waals surface area contributed by atoms with Gasteiger partial charge in [0.05, 0.1) is 5.92 Å². The molecule has 0 heterocycles. The zero-order valence-corrected chi connectivity index (χ0v) is 19.3. The number of hydrogen-bond donors (Lipinski definition) is 1. The molecule has 32 heavy (non-hydrogen) atoms. The summed E-state index contributed by atoms with van der Waals surface area (Å²) in [5.41, 5.74) is 6.55. The van der Waals surface area contributed by atoms with Gasteiger partial charge in [-0.1, -0.05) is 33.8 Å². The number of hydrogen-bond acceptors (Lipinski definition) is 9. The minimum atomic E-state index is -0.999. The molecule has 0 spiro atoms. The molecule has 1 unspecified atom stereocenters. The van der Waals surface area contributed by atoms with Crippen molar-refractivity contribution in [3.63, 3.8) is 0 Å². The molecule has 0 saturated heterocycles. The van der Waals surface area contributed by atoms with Gasteiger partial charge in [-0.3, -0.25) is 19.2 Å². The van der Waals surface area contributed by atoms with Gasteiger partial charge < -0.3 is 24.7 Å². The van der Waals surface area contributed by atoms with Gasteiger partial charge in [-0.25, -0.2) is 0 Å². The lowest BCUT2D eigenvalue weighted by molar-refractivity contribution is -0.160. The van der Waals surface area contributed by atoms with E-state index in [1.807, 2.05) is 6.92 Å². The molecule has 0 saturated carbocycles. The van der Waals surface area contributed by atoms with E-state index in [9.17, 15) is 19.2 Å². The van der Waals surface area contributed by atoms with Crippen molar-refractivity contribution in [3.8, 4) is 11.5 Å². The lowest BCUT2D eigenvalue weighted by Crippen LogP contribution is -2.37. The number of ether oxygens (including phenoxy) is 4. The number of benzene rings is 1. The second kappa shape index (κ2) is 13.5. The Labute approximate surface area is 188 Å². The minimum absolute atomic E-state index is 0.0593. The summed E-state index contributed by atoms with van der Waals surface area (Å²) in [5, 5.41) is 0. The number of esters is 4. The Kier molecular flexibility index (Phi) is 11.4. The fourth-order valence-electron chi connectivity index (χ4n) is 2.40. The van der Waals surface area contributed by atoms with Crippen molar-refractivity contribution in [2.24, 2.45) is 11.7 Å². The number of rotatable bonds is 12. The third-order valence-corrected chi connectivity index (χ3v) is 4.58. The molecule has 0 aromatic heterocycles. The Morgan fingerprint density at radius 3 is 2.06 bits per heavy atom. The number of carbonyl (C=O) groups excluding carboxylic acids is 4. The van der Waals surface area contributed by atoms with E-state index in [0.29, 0.717) is 12.0 Å². The Bertz CT molecular complexity index is 807. The predicted molar refractivity (Wildman–Crippen MR) is 116 cm³/mol. The fraction of sp³-hybridized carbons (Fsp3) is 0.565. The highest BCUT2D eigenvalue weighted by molar-refractivity contribution is 5.77. The molecule has 0 aliphatic rings. The van der Waals surface area contributed by atoms with Crippen LogP contribution in [0.4, 0.5) is 0 Å². The van der Waals surface area contributed by atoms with Crippen LogP contribution in [0.5, 0.6) is 11.5 Å². The monoisotopic (exact) mass is 451 g/mol. The topological polar surface area (TPSA) is 131 Å². The van der Waals surface area contributed by atoms with E-state index in [1.165, 1.54) is 12.1 Å². The van der Waals surface area contributed by atoms with Gasteiger partial charge in [0.25, 0.3) is 0 Å². The van der Waals surface area contributed by atoms with Crippen molar-refractivity contribution in [2.45, 2.75) is 72.4 Å². The van der Waals surface area contributed by atoms with Crippen molar-refractivity contribution >= 4 is 23.9 Å². The van der Waals surface area contributed by atoms with Gasteiger partial charge in [0.15, 0.2) is 11.5 Å². The van der Waals surface area contributed by atoms with Crippen LogP contribution >= 0.6 is 0 Å². The highest BCUT2D eigenvalue weighted by atomic mass is 16.6. The Morgan fingerprint density at radius 2 is 1.50 bits per heavy atom. The normalized spacial score (nSPS) is 13.4. The molecule has 9 nitrogen and oxygen atoms in total. The van der Waals surface area contributed by atoms with Crippen LogP contribution in [-0.2, 0) is 35.1 Å². The van der Waals surface area contributed by atoms with Crippen molar-refractivity contribution in [2.75, 3.05) is 6.61 Å². The van der Waals surface area contributed by atoms with E-state index in [1.54, 1.807) is 33.8 Å². The Morgan fingerprint density at radius 1 is 0.906 bits per heavy atom. The highest BCUT2D eigenvalue weighted by Crippen LogP contribution is 2.30. The molecular weight excluding hydrogens is 418 g/mol. The zero-order valence-electron chi connectivity index (χ0n) is 19.3. The van der Waals surface area contributed by atoms with Crippen LogP contribution < -0.4 is 15.2 Å². The van der Waals surface area contributed by atoms with Crippen molar-refractivity contribution in [1.82, 2.24) is 0 Å². The van der Waals surface area contributed by atoms with Gasteiger partial charge >= 0.3 is 23.9 Å². The Hall–Kier alpha value is -2.94. The van der Waals surface area contributed by atoms with Gasteiger partial charge in [0.2, 0.25) is 0 Å².